The number of unbranched alkanes of at least 4 members (excludes halogenated alkanes) is 2. The van der Waals surface area contributed by atoms with Gasteiger partial charge in [0, 0.05) is 12.6 Å². The number of hydrogen-bond donors (Lipinski definition) is 1. The summed E-state index contributed by atoms with van der Waals surface area (Å²) in [6.45, 7) is 2.00. The van der Waals surface area contributed by atoms with Gasteiger partial charge in [0.15, 0.2) is 0 Å². The van der Waals surface area contributed by atoms with Crippen molar-refractivity contribution in [1.29, 1.82) is 0 Å². The minimum Gasteiger partial charge on any atom is -0.372 e. The quantitative estimate of drug-likeness (QED) is 0.644. The summed E-state index contributed by atoms with van der Waals surface area (Å²) in [6, 6.07) is 10.5. The largest absolute Gasteiger partial charge is 0.411 e. The monoisotopic (exact) mass is 303 g/mol. The molecule has 0 amide bonds. The highest BCUT2D eigenvalue weighted by molar-refractivity contribution is 5.18. The van der Waals surface area contributed by atoms with E-state index in [1.807, 2.05) is 18.2 Å². The van der Waals surface area contributed by atoms with Gasteiger partial charge < -0.3 is 10.1 Å². The predicted molar refractivity (Wildman–Crippen MR) is 78.2 cm³/mol. The van der Waals surface area contributed by atoms with Gasteiger partial charge in [-0.3, -0.25) is 0 Å². The highest BCUT2D eigenvalue weighted by Crippen LogP contribution is 2.20. The van der Waals surface area contributed by atoms with Crippen molar-refractivity contribution < 1.29 is 17.9 Å². The third-order valence-electron chi connectivity index (χ3n) is 3.20. The second-order valence-corrected chi connectivity index (χ2v) is 5.04. The number of alkyl halides is 3. The van der Waals surface area contributed by atoms with Crippen LogP contribution in [-0.4, -0.2) is 25.9 Å². The highest BCUT2D eigenvalue weighted by Gasteiger charge is 2.27. The Hall–Kier alpha value is -1.07. The maximum absolute atomic E-state index is 11.9. The molecule has 0 aliphatic heterocycles. The molecule has 5 heteroatoms. The lowest BCUT2D eigenvalue weighted by molar-refractivity contribution is -0.174. The lowest BCUT2D eigenvalue weighted by Gasteiger charge is -2.18. The van der Waals surface area contributed by atoms with E-state index in [1.54, 1.807) is 0 Å². The summed E-state index contributed by atoms with van der Waals surface area (Å²) in [6.07, 6.45) is -0.710. The Kier molecular flexibility index (Phi) is 8.38. The van der Waals surface area contributed by atoms with Gasteiger partial charge in [-0.2, -0.15) is 13.2 Å². The standard InChI is InChI=1S/C16H24F3NO/c1-2-20-15(14-9-5-3-6-10-14)11-7-4-8-12-21-13-16(17,18)19/h3,5-6,9-10,15,20H,2,4,7-8,11-13H2,1H3. The van der Waals surface area contributed by atoms with Crippen molar-refractivity contribution >= 4 is 0 Å². The lowest BCUT2D eigenvalue weighted by Crippen LogP contribution is -2.20. The van der Waals surface area contributed by atoms with Crippen LogP contribution in [0.25, 0.3) is 0 Å². The van der Waals surface area contributed by atoms with Crippen molar-refractivity contribution in [2.75, 3.05) is 19.8 Å². The molecule has 21 heavy (non-hydrogen) atoms. The highest BCUT2D eigenvalue weighted by atomic mass is 19.4. The Morgan fingerprint density at radius 3 is 2.43 bits per heavy atom. The van der Waals surface area contributed by atoms with Gasteiger partial charge in [-0.25, -0.2) is 0 Å². The maximum atomic E-state index is 11.9. The smallest absolute Gasteiger partial charge is 0.372 e. The molecule has 0 aliphatic carbocycles. The summed E-state index contributed by atoms with van der Waals surface area (Å²) in [5.74, 6) is 0. The van der Waals surface area contributed by atoms with Crippen LogP contribution in [0.5, 0.6) is 0 Å². The van der Waals surface area contributed by atoms with Crippen molar-refractivity contribution in [3.8, 4) is 0 Å². The van der Waals surface area contributed by atoms with E-state index in [0.29, 0.717) is 12.5 Å². The summed E-state index contributed by atoms with van der Waals surface area (Å²) in [5.41, 5.74) is 1.26. The van der Waals surface area contributed by atoms with E-state index < -0.39 is 12.8 Å². The van der Waals surface area contributed by atoms with Gasteiger partial charge in [0.05, 0.1) is 0 Å². The Bertz CT molecular complexity index is 368. The molecule has 1 rings (SSSR count). The lowest BCUT2D eigenvalue weighted by atomic mass is 10.0. The van der Waals surface area contributed by atoms with Crippen LogP contribution in [0, 0.1) is 0 Å². The first-order valence-electron chi connectivity index (χ1n) is 7.45. The molecule has 1 aromatic rings. The molecule has 120 valence electrons. The van der Waals surface area contributed by atoms with E-state index in [1.165, 1.54) is 5.56 Å². The Morgan fingerprint density at radius 1 is 1.10 bits per heavy atom. The number of halogens is 3. The molecular weight excluding hydrogens is 279 g/mol. The summed E-state index contributed by atoms with van der Waals surface area (Å²) in [5, 5.41) is 3.44. The van der Waals surface area contributed by atoms with Crippen LogP contribution in [0.4, 0.5) is 13.2 Å². The SMILES string of the molecule is CCNC(CCCCCOCC(F)(F)F)c1ccccc1. The predicted octanol–water partition coefficient (Wildman–Crippen LogP) is 4.48. The van der Waals surface area contributed by atoms with Crippen LogP contribution >= 0.6 is 0 Å². The first-order chi connectivity index (χ1) is 10.0. The molecule has 0 saturated carbocycles. The second kappa shape index (κ2) is 9.79. The summed E-state index contributed by atoms with van der Waals surface area (Å²) in [4.78, 5) is 0. The van der Waals surface area contributed by atoms with Crippen LogP contribution in [0.15, 0.2) is 30.3 Å². The van der Waals surface area contributed by atoms with E-state index in [9.17, 15) is 13.2 Å². The minimum absolute atomic E-state index is 0.177. The summed E-state index contributed by atoms with van der Waals surface area (Å²) >= 11 is 0. The first-order valence-corrected chi connectivity index (χ1v) is 7.45. The number of hydrogen-bond acceptors (Lipinski definition) is 2. The van der Waals surface area contributed by atoms with Gasteiger partial charge in [-0.1, -0.05) is 50.1 Å². The zero-order valence-electron chi connectivity index (χ0n) is 12.5. The van der Waals surface area contributed by atoms with Crippen molar-refractivity contribution in [3.05, 3.63) is 35.9 Å². The molecule has 0 spiro atoms. The Balaban J connectivity index is 2.17. The zero-order chi connectivity index (χ0) is 15.6. The topological polar surface area (TPSA) is 21.3 Å². The van der Waals surface area contributed by atoms with Crippen LogP contribution in [-0.2, 0) is 4.74 Å². The second-order valence-electron chi connectivity index (χ2n) is 5.04. The van der Waals surface area contributed by atoms with Gasteiger partial charge in [0.25, 0.3) is 0 Å². The number of rotatable bonds is 10. The van der Waals surface area contributed by atoms with Gasteiger partial charge in [-0.15, -0.1) is 0 Å². The zero-order valence-corrected chi connectivity index (χ0v) is 12.5. The van der Waals surface area contributed by atoms with Crippen molar-refractivity contribution in [2.45, 2.75) is 44.8 Å². The van der Waals surface area contributed by atoms with Crippen molar-refractivity contribution in [3.63, 3.8) is 0 Å². The number of nitrogens with one attached hydrogen (secondary N) is 1. The van der Waals surface area contributed by atoms with Gasteiger partial charge in [0.1, 0.15) is 6.61 Å². The van der Waals surface area contributed by atoms with Crippen molar-refractivity contribution in [2.24, 2.45) is 0 Å². The van der Waals surface area contributed by atoms with E-state index in [4.69, 9.17) is 0 Å². The van der Waals surface area contributed by atoms with Crippen LogP contribution < -0.4 is 5.32 Å². The third kappa shape index (κ3) is 8.73. The molecule has 0 heterocycles. The summed E-state index contributed by atoms with van der Waals surface area (Å²) in [7, 11) is 0. The van der Waals surface area contributed by atoms with E-state index >= 15 is 0 Å². The molecule has 1 aromatic carbocycles. The molecule has 1 N–H and O–H groups in total. The normalized spacial score (nSPS) is 13.3. The fourth-order valence-electron chi connectivity index (χ4n) is 2.24. The van der Waals surface area contributed by atoms with E-state index in [-0.39, 0.29) is 6.61 Å². The first kappa shape index (κ1) is 18.0. The Labute approximate surface area is 124 Å². The average molecular weight is 303 g/mol. The molecule has 0 fully saturated rings. The minimum atomic E-state index is -4.22. The molecule has 1 atom stereocenters. The maximum Gasteiger partial charge on any atom is 0.411 e. The molecule has 0 aromatic heterocycles. The van der Waals surface area contributed by atoms with Gasteiger partial charge in [-0.05, 0) is 24.9 Å². The number of ether oxygens (including phenoxy) is 1. The van der Waals surface area contributed by atoms with E-state index in [0.717, 1.165) is 25.8 Å². The third-order valence-corrected chi connectivity index (χ3v) is 3.20. The van der Waals surface area contributed by atoms with Gasteiger partial charge in [0.2, 0.25) is 0 Å². The van der Waals surface area contributed by atoms with Crippen LogP contribution in [0.2, 0.25) is 0 Å². The molecule has 0 saturated heterocycles. The van der Waals surface area contributed by atoms with Gasteiger partial charge >= 0.3 is 6.18 Å². The Morgan fingerprint density at radius 2 is 1.81 bits per heavy atom. The van der Waals surface area contributed by atoms with Crippen LogP contribution in [0.1, 0.15) is 44.2 Å². The molecular formula is C16H24F3NO. The van der Waals surface area contributed by atoms with Crippen LogP contribution in [0.3, 0.4) is 0 Å². The fraction of sp³-hybridized carbons (Fsp3) is 0.625. The molecule has 2 nitrogen and oxygen atoms in total. The summed E-state index contributed by atoms with van der Waals surface area (Å²) < 4.78 is 40.2. The molecule has 0 radical (unpaired) electrons. The van der Waals surface area contributed by atoms with Crippen molar-refractivity contribution in [1.82, 2.24) is 5.32 Å². The number of benzene rings is 1. The fourth-order valence-corrected chi connectivity index (χ4v) is 2.24. The molecule has 0 bridgehead atoms. The van der Waals surface area contributed by atoms with E-state index in [2.05, 4.69) is 29.1 Å². The molecule has 0 aliphatic rings. The molecule has 1 unspecified atom stereocenters. The average Bonchev–Trinajstić information content (AvgIpc) is 2.45.